The van der Waals surface area contributed by atoms with Crippen molar-refractivity contribution >= 4 is 6.09 Å². The molecule has 0 saturated carbocycles. The van der Waals surface area contributed by atoms with Gasteiger partial charge in [-0.3, -0.25) is 0 Å². The topological polar surface area (TPSA) is 70.0 Å². The number of rotatable bonds is 1. The predicted octanol–water partition coefficient (Wildman–Crippen LogP) is 0.842. The molecule has 2 N–H and O–H groups in total. The molecule has 1 fully saturated rings. The largest absolute Gasteiger partial charge is 0.444 e. The van der Waals surface area contributed by atoms with Gasteiger partial charge in [0.25, 0.3) is 5.92 Å². The smallest absolute Gasteiger partial charge is 0.410 e. The van der Waals surface area contributed by atoms with E-state index in [2.05, 4.69) is 0 Å². The average molecular weight is 267 g/mol. The lowest BCUT2D eigenvalue weighted by Crippen LogP contribution is -2.59. The number of aliphatic hydroxyl groups is 2. The summed E-state index contributed by atoms with van der Waals surface area (Å²) in [5, 5.41) is 18.3. The summed E-state index contributed by atoms with van der Waals surface area (Å²) in [6.07, 6.45) is -2.81. The first kappa shape index (κ1) is 15.1. The zero-order valence-electron chi connectivity index (χ0n) is 10.7. The third kappa shape index (κ3) is 3.52. The van der Waals surface area contributed by atoms with Crippen LogP contribution < -0.4 is 0 Å². The van der Waals surface area contributed by atoms with Crippen LogP contribution in [0.25, 0.3) is 0 Å². The van der Waals surface area contributed by atoms with Gasteiger partial charge in [0.2, 0.25) is 0 Å². The fourth-order valence-electron chi connectivity index (χ4n) is 1.76. The molecule has 0 bridgehead atoms. The Labute approximate surface area is 104 Å². The summed E-state index contributed by atoms with van der Waals surface area (Å²) in [7, 11) is 0. The first-order valence-electron chi connectivity index (χ1n) is 5.71. The van der Waals surface area contributed by atoms with E-state index >= 15 is 0 Å². The van der Waals surface area contributed by atoms with E-state index in [0.29, 0.717) is 0 Å². The highest BCUT2D eigenvalue weighted by Gasteiger charge is 2.50. The summed E-state index contributed by atoms with van der Waals surface area (Å²) in [4.78, 5) is 12.5. The Morgan fingerprint density at radius 2 is 2.06 bits per heavy atom. The highest BCUT2D eigenvalue weighted by molar-refractivity contribution is 5.68. The molecule has 0 spiro atoms. The molecular formula is C11H19F2NO4. The monoisotopic (exact) mass is 267 g/mol. The van der Waals surface area contributed by atoms with Crippen molar-refractivity contribution in [3.63, 3.8) is 0 Å². The lowest BCUT2D eigenvalue weighted by molar-refractivity contribution is -0.177. The minimum atomic E-state index is -3.44. The molecule has 0 radical (unpaired) electrons. The SMILES string of the molecule is CC(C)(C)OC(=O)N1CC(CO)C(O)C(F)(F)C1. The zero-order valence-corrected chi connectivity index (χ0v) is 10.7. The molecule has 1 rings (SSSR count). The van der Waals surface area contributed by atoms with Gasteiger partial charge in [-0.15, -0.1) is 0 Å². The number of hydrogen-bond acceptors (Lipinski definition) is 4. The molecule has 0 aromatic rings. The van der Waals surface area contributed by atoms with Crippen molar-refractivity contribution in [2.45, 2.75) is 38.4 Å². The fraction of sp³-hybridized carbons (Fsp3) is 0.909. The lowest BCUT2D eigenvalue weighted by Gasteiger charge is -2.40. The van der Waals surface area contributed by atoms with E-state index < -0.39 is 42.8 Å². The van der Waals surface area contributed by atoms with Crippen LogP contribution in [-0.4, -0.2) is 58.5 Å². The second-order valence-electron chi connectivity index (χ2n) is 5.51. The molecule has 2 unspecified atom stereocenters. The van der Waals surface area contributed by atoms with Gasteiger partial charge in [-0.05, 0) is 20.8 Å². The fourth-order valence-corrected chi connectivity index (χ4v) is 1.76. The Bertz CT molecular complexity index is 317. The molecule has 1 heterocycles. The van der Waals surface area contributed by atoms with Crippen LogP contribution >= 0.6 is 0 Å². The van der Waals surface area contributed by atoms with Crippen LogP contribution in [0, 0.1) is 5.92 Å². The summed E-state index contributed by atoms with van der Waals surface area (Å²) in [6.45, 7) is 3.22. The maximum absolute atomic E-state index is 13.5. The number of amides is 1. The normalized spacial score (nSPS) is 28.1. The zero-order chi connectivity index (χ0) is 14.1. The number of piperidine rings is 1. The van der Waals surface area contributed by atoms with Crippen molar-refractivity contribution in [3.8, 4) is 0 Å². The van der Waals surface area contributed by atoms with Crippen molar-refractivity contribution in [3.05, 3.63) is 0 Å². The number of nitrogens with zero attached hydrogens (tertiary/aromatic N) is 1. The molecule has 2 atom stereocenters. The molecule has 7 heteroatoms. The first-order valence-corrected chi connectivity index (χ1v) is 5.71. The summed E-state index contributed by atoms with van der Waals surface area (Å²) < 4.78 is 31.9. The quantitative estimate of drug-likeness (QED) is 0.738. The van der Waals surface area contributed by atoms with Crippen LogP contribution in [0.5, 0.6) is 0 Å². The van der Waals surface area contributed by atoms with Gasteiger partial charge in [0.1, 0.15) is 11.7 Å². The molecule has 1 aliphatic rings. The van der Waals surface area contributed by atoms with Gasteiger partial charge < -0.3 is 19.8 Å². The van der Waals surface area contributed by atoms with E-state index in [9.17, 15) is 18.7 Å². The highest BCUT2D eigenvalue weighted by atomic mass is 19.3. The van der Waals surface area contributed by atoms with Gasteiger partial charge in [0.15, 0.2) is 0 Å². The molecule has 106 valence electrons. The summed E-state index contributed by atoms with van der Waals surface area (Å²) >= 11 is 0. The third-order valence-electron chi connectivity index (χ3n) is 2.62. The molecule has 5 nitrogen and oxygen atoms in total. The van der Waals surface area contributed by atoms with Crippen LogP contribution in [0.2, 0.25) is 0 Å². The van der Waals surface area contributed by atoms with Crippen molar-refractivity contribution in [1.82, 2.24) is 4.90 Å². The van der Waals surface area contributed by atoms with Gasteiger partial charge in [0, 0.05) is 12.5 Å². The number of halogens is 2. The van der Waals surface area contributed by atoms with Crippen LogP contribution in [0.3, 0.4) is 0 Å². The number of likely N-dealkylation sites (tertiary alicyclic amines) is 1. The number of aliphatic hydroxyl groups excluding tert-OH is 2. The Morgan fingerprint density at radius 3 is 2.50 bits per heavy atom. The van der Waals surface area contributed by atoms with Gasteiger partial charge in [-0.25, -0.2) is 13.6 Å². The van der Waals surface area contributed by atoms with Crippen molar-refractivity contribution in [1.29, 1.82) is 0 Å². The van der Waals surface area contributed by atoms with Crippen LogP contribution in [0.1, 0.15) is 20.8 Å². The number of ether oxygens (including phenoxy) is 1. The number of carbonyl (C=O) groups excluding carboxylic acids is 1. The predicted molar refractivity (Wildman–Crippen MR) is 59.3 cm³/mol. The van der Waals surface area contributed by atoms with E-state index in [-0.39, 0.29) is 6.54 Å². The highest BCUT2D eigenvalue weighted by Crippen LogP contribution is 2.31. The van der Waals surface area contributed by atoms with Crippen molar-refractivity contribution in [2.75, 3.05) is 19.7 Å². The van der Waals surface area contributed by atoms with E-state index in [1.807, 2.05) is 0 Å². The number of alkyl halides is 2. The van der Waals surface area contributed by atoms with Crippen molar-refractivity contribution in [2.24, 2.45) is 5.92 Å². The Morgan fingerprint density at radius 1 is 1.50 bits per heavy atom. The third-order valence-corrected chi connectivity index (χ3v) is 2.62. The Hall–Kier alpha value is -0.950. The van der Waals surface area contributed by atoms with E-state index in [1.54, 1.807) is 20.8 Å². The van der Waals surface area contributed by atoms with E-state index in [1.165, 1.54) is 0 Å². The van der Waals surface area contributed by atoms with E-state index in [0.717, 1.165) is 4.90 Å². The van der Waals surface area contributed by atoms with Gasteiger partial charge in [-0.1, -0.05) is 0 Å². The molecule has 18 heavy (non-hydrogen) atoms. The molecule has 0 aromatic heterocycles. The molecule has 1 saturated heterocycles. The van der Waals surface area contributed by atoms with Crippen LogP contribution in [-0.2, 0) is 4.74 Å². The maximum atomic E-state index is 13.5. The van der Waals surface area contributed by atoms with Gasteiger partial charge in [-0.2, -0.15) is 0 Å². The van der Waals surface area contributed by atoms with Gasteiger partial charge in [0.05, 0.1) is 13.2 Å². The molecule has 0 aromatic carbocycles. The summed E-state index contributed by atoms with van der Waals surface area (Å²) in [6, 6.07) is 0. The molecule has 1 aliphatic heterocycles. The molecule has 1 amide bonds. The lowest BCUT2D eigenvalue weighted by atomic mass is 9.93. The second kappa shape index (κ2) is 4.97. The number of carbonyl (C=O) groups is 1. The Kier molecular flexibility index (Phi) is 4.17. The Balaban J connectivity index is 2.76. The van der Waals surface area contributed by atoms with Gasteiger partial charge >= 0.3 is 6.09 Å². The minimum absolute atomic E-state index is 0.151. The average Bonchev–Trinajstić information content (AvgIpc) is 2.19. The summed E-state index contributed by atoms with van der Waals surface area (Å²) in [5.74, 6) is -4.51. The number of hydrogen-bond donors (Lipinski definition) is 2. The van der Waals surface area contributed by atoms with E-state index in [4.69, 9.17) is 9.84 Å². The second-order valence-corrected chi connectivity index (χ2v) is 5.51. The maximum Gasteiger partial charge on any atom is 0.410 e. The molecule has 0 aliphatic carbocycles. The van der Waals surface area contributed by atoms with Crippen LogP contribution in [0.15, 0.2) is 0 Å². The standard InChI is InChI=1S/C11H19F2NO4/c1-10(2,3)18-9(17)14-4-7(5-15)8(16)11(12,13)6-14/h7-8,15-16H,4-6H2,1-3H3. The minimum Gasteiger partial charge on any atom is -0.444 e. The van der Waals surface area contributed by atoms with Crippen LogP contribution in [0.4, 0.5) is 13.6 Å². The molecular weight excluding hydrogens is 248 g/mol. The first-order chi connectivity index (χ1) is 8.07. The van der Waals surface area contributed by atoms with Crippen molar-refractivity contribution < 1.29 is 28.5 Å². The summed E-state index contributed by atoms with van der Waals surface area (Å²) in [5.41, 5.74) is -0.781.